The van der Waals surface area contributed by atoms with Crippen LogP contribution in [0.2, 0.25) is 5.02 Å². The largest absolute Gasteiger partial charge is 0.497 e. The number of carbonyl (C=O) groups excluding carboxylic acids is 2. The number of halogens is 2. The number of ether oxygens (including phenoxy) is 1. The van der Waals surface area contributed by atoms with Gasteiger partial charge in [-0.3, -0.25) is 9.59 Å². The van der Waals surface area contributed by atoms with Crippen molar-refractivity contribution < 1.29 is 27.1 Å². The number of thiazole rings is 1. The van der Waals surface area contributed by atoms with Gasteiger partial charge < -0.3 is 15.4 Å². The van der Waals surface area contributed by atoms with Crippen LogP contribution in [0.1, 0.15) is 11.4 Å². The number of methoxy groups -OCH3 is 1. The molecule has 10 nitrogen and oxygen atoms in total. The summed E-state index contributed by atoms with van der Waals surface area (Å²) >= 11 is 7.13. The van der Waals surface area contributed by atoms with Crippen LogP contribution in [-0.4, -0.2) is 55.8 Å². The number of anilines is 1. The molecule has 0 aliphatic carbocycles. The molecule has 2 unspecified atom stereocenters. The van der Waals surface area contributed by atoms with Gasteiger partial charge in [0.2, 0.25) is 11.8 Å². The highest BCUT2D eigenvalue weighted by Gasteiger charge is 2.42. The quantitative estimate of drug-likeness (QED) is 0.402. The lowest BCUT2D eigenvalue weighted by atomic mass is 10.1. The van der Waals surface area contributed by atoms with Crippen LogP contribution in [-0.2, 0) is 26.3 Å². The van der Waals surface area contributed by atoms with Gasteiger partial charge in [0.15, 0.2) is 0 Å². The summed E-state index contributed by atoms with van der Waals surface area (Å²) in [5, 5.41) is 5.63. The van der Waals surface area contributed by atoms with Gasteiger partial charge >= 0.3 is 0 Å². The first kappa shape index (κ1) is 26.9. The number of rotatable bonds is 7. The Balaban J connectivity index is 1.40. The molecule has 0 spiro atoms. The van der Waals surface area contributed by atoms with Crippen molar-refractivity contribution >= 4 is 50.6 Å². The van der Waals surface area contributed by atoms with Crippen molar-refractivity contribution in [2.45, 2.75) is 25.0 Å². The van der Waals surface area contributed by atoms with Gasteiger partial charge in [0, 0.05) is 18.9 Å². The van der Waals surface area contributed by atoms with Gasteiger partial charge in [-0.2, -0.15) is 17.4 Å². The molecule has 3 aromatic rings. The van der Waals surface area contributed by atoms with E-state index in [2.05, 4.69) is 20.3 Å². The summed E-state index contributed by atoms with van der Waals surface area (Å²) in [6, 6.07) is 8.67. The Hall–Kier alpha value is -3.10. The van der Waals surface area contributed by atoms with Crippen molar-refractivity contribution in [3.05, 3.63) is 64.5 Å². The van der Waals surface area contributed by atoms with Gasteiger partial charge in [-0.15, -0.1) is 11.3 Å². The molecule has 2 atom stereocenters. The summed E-state index contributed by atoms with van der Waals surface area (Å²) < 4.78 is 46.9. The number of amides is 2. The first-order valence-electron chi connectivity index (χ1n) is 11.0. The van der Waals surface area contributed by atoms with Crippen LogP contribution in [0.4, 0.5) is 10.1 Å². The molecule has 0 saturated carbocycles. The first-order valence-corrected chi connectivity index (χ1v) is 13.6. The number of hydrogen-bond donors (Lipinski definition) is 3. The Morgan fingerprint density at radius 1 is 1.24 bits per heavy atom. The van der Waals surface area contributed by atoms with E-state index in [1.807, 2.05) is 24.3 Å². The van der Waals surface area contributed by atoms with E-state index in [0.29, 0.717) is 5.01 Å². The number of nitrogens with one attached hydrogen (secondary N) is 3. The molecule has 2 amide bonds. The third-order valence-corrected chi connectivity index (χ3v) is 8.65. The predicted octanol–water partition coefficient (Wildman–Crippen LogP) is 2.77. The van der Waals surface area contributed by atoms with Crippen LogP contribution < -0.4 is 20.1 Å². The molecule has 0 radical (unpaired) electrons. The Morgan fingerprint density at radius 3 is 2.65 bits per heavy atom. The zero-order valence-electron chi connectivity index (χ0n) is 19.7. The highest BCUT2D eigenvalue weighted by Crippen LogP contribution is 2.28. The van der Waals surface area contributed by atoms with Gasteiger partial charge in [-0.05, 0) is 54.4 Å². The van der Waals surface area contributed by atoms with Gasteiger partial charge in [0.05, 0.1) is 23.6 Å². The number of hydrogen-bond acceptors (Lipinski definition) is 7. The van der Waals surface area contributed by atoms with E-state index in [1.54, 1.807) is 13.3 Å². The van der Waals surface area contributed by atoms with Gasteiger partial charge in [-0.25, -0.2) is 9.37 Å². The maximum Gasteiger partial charge on any atom is 0.280 e. The van der Waals surface area contributed by atoms with Crippen LogP contribution in [0, 0.1) is 5.82 Å². The number of likely N-dealkylation sites (N-methyl/N-ethyl adjacent to an activating group) is 1. The van der Waals surface area contributed by atoms with Crippen molar-refractivity contribution in [3.8, 4) is 16.2 Å². The molecule has 3 N–H and O–H groups in total. The minimum atomic E-state index is -4.13. The monoisotopic (exact) mass is 567 g/mol. The lowest BCUT2D eigenvalue weighted by Gasteiger charge is -2.35. The van der Waals surface area contributed by atoms with Gasteiger partial charge in [-0.1, -0.05) is 11.6 Å². The highest BCUT2D eigenvalue weighted by atomic mass is 35.5. The third-order valence-electron chi connectivity index (χ3n) is 5.72. The summed E-state index contributed by atoms with van der Waals surface area (Å²) in [5.41, 5.74) is 1.13. The fourth-order valence-electron chi connectivity index (χ4n) is 3.65. The Morgan fingerprint density at radius 2 is 1.97 bits per heavy atom. The number of nitrogens with zero attached hydrogens (tertiary/aromatic N) is 2. The summed E-state index contributed by atoms with van der Waals surface area (Å²) in [7, 11) is -1.31. The molecular weight excluding hydrogens is 545 g/mol. The lowest BCUT2D eigenvalue weighted by molar-refractivity contribution is -0.124. The molecule has 1 saturated heterocycles. The number of benzene rings is 2. The average Bonchev–Trinajstić information content (AvgIpc) is 3.35. The Labute approximate surface area is 222 Å². The second kappa shape index (κ2) is 11.1. The summed E-state index contributed by atoms with van der Waals surface area (Å²) in [6.45, 7) is 0.0820. The normalized spacial score (nSPS) is 19.2. The van der Waals surface area contributed by atoms with E-state index in [9.17, 15) is 22.4 Å². The zero-order chi connectivity index (χ0) is 26.7. The van der Waals surface area contributed by atoms with E-state index in [4.69, 9.17) is 16.3 Å². The van der Waals surface area contributed by atoms with E-state index in [-0.39, 0.29) is 23.7 Å². The average molecular weight is 568 g/mol. The van der Waals surface area contributed by atoms with Crippen molar-refractivity contribution in [1.82, 2.24) is 19.3 Å². The summed E-state index contributed by atoms with van der Waals surface area (Å²) in [5.74, 6) is -1.21. The van der Waals surface area contributed by atoms with Crippen molar-refractivity contribution in [1.29, 1.82) is 0 Å². The summed E-state index contributed by atoms with van der Waals surface area (Å²) in [4.78, 5) is 30.9. The fourth-order valence-corrected chi connectivity index (χ4v) is 5.94. The molecule has 1 aliphatic rings. The second-order valence-corrected chi connectivity index (χ2v) is 11.4. The number of aromatic nitrogens is 1. The zero-order valence-corrected chi connectivity index (χ0v) is 22.1. The molecule has 196 valence electrons. The lowest BCUT2D eigenvalue weighted by Crippen LogP contribution is -2.62. The minimum Gasteiger partial charge on any atom is -0.497 e. The van der Waals surface area contributed by atoms with Crippen LogP contribution in [0.25, 0.3) is 10.4 Å². The molecule has 1 aromatic heterocycles. The maximum absolute atomic E-state index is 13.4. The SMILES string of the molecule is COc1ccc(-c2cnc(CNC(=O)C3CC(C(=O)Nc4ccc(F)c(Cl)c4)N(C)S(=O)(=O)N3)s2)cc1. The van der Waals surface area contributed by atoms with E-state index >= 15 is 0 Å². The number of carbonyl (C=O) groups is 2. The maximum atomic E-state index is 13.4. The molecule has 2 aromatic carbocycles. The Bertz CT molecular complexity index is 1420. The van der Waals surface area contributed by atoms with E-state index < -0.39 is 39.9 Å². The van der Waals surface area contributed by atoms with Crippen molar-refractivity contribution in [2.75, 3.05) is 19.5 Å². The first-order chi connectivity index (χ1) is 17.6. The van der Waals surface area contributed by atoms with E-state index in [1.165, 1.54) is 30.5 Å². The molecule has 1 fully saturated rings. The van der Waals surface area contributed by atoms with Crippen LogP contribution in [0.3, 0.4) is 0 Å². The Kier molecular flexibility index (Phi) is 8.09. The second-order valence-electron chi connectivity index (χ2n) is 8.13. The fraction of sp³-hybridized carbons (Fsp3) is 0.261. The molecule has 0 bridgehead atoms. The standard InChI is InChI=1S/C23H23ClFN5O5S2/c1-30-19(23(32)28-14-5-8-17(25)16(24)9-14)10-18(29-37(30,33)34)22(31)27-12-21-26-11-20(36-21)13-3-6-15(35-2)7-4-13/h3-9,11,18-19,29H,10,12H2,1-2H3,(H,27,31)(H,28,32). The highest BCUT2D eigenvalue weighted by molar-refractivity contribution is 7.87. The molecular formula is C23H23ClFN5O5S2. The third kappa shape index (κ3) is 6.25. The smallest absolute Gasteiger partial charge is 0.280 e. The van der Waals surface area contributed by atoms with Crippen molar-refractivity contribution in [2.24, 2.45) is 0 Å². The van der Waals surface area contributed by atoms with Crippen LogP contribution >= 0.6 is 22.9 Å². The van der Waals surface area contributed by atoms with Crippen LogP contribution in [0.5, 0.6) is 5.75 Å². The molecule has 1 aliphatic heterocycles. The molecule has 2 heterocycles. The van der Waals surface area contributed by atoms with E-state index in [0.717, 1.165) is 26.6 Å². The van der Waals surface area contributed by atoms with Crippen LogP contribution in [0.15, 0.2) is 48.7 Å². The predicted molar refractivity (Wildman–Crippen MR) is 138 cm³/mol. The minimum absolute atomic E-state index is 0.0820. The van der Waals surface area contributed by atoms with Crippen molar-refractivity contribution in [3.63, 3.8) is 0 Å². The van der Waals surface area contributed by atoms with Gasteiger partial charge in [0.25, 0.3) is 10.2 Å². The summed E-state index contributed by atoms with van der Waals surface area (Å²) in [6.07, 6.45) is 1.56. The molecule has 14 heteroatoms. The topological polar surface area (TPSA) is 130 Å². The van der Waals surface area contributed by atoms with Gasteiger partial charge in [0.1, 0.15) is 28.7 Å². The molecule has 4 rings (SSSR count). The molecule has 37 heavy (non-hydrogen) atoms.